The number of aliphatic hydroxyl groups is 1. The first kappa shape index (κ1) is 20.4. The molecule has 0 saturated heterocycles. The summed E-state index contributed by atoms with van der Waals surface area (Å²) in [7, 11) is 0. The topological polar surface area (TPSA) is 131 Å². The van der Waals surface area contributed by atoms with Crippen LogP contribution >= 0.6 is 0 Å². The van der Waals surface area contributed by atoms with Crippen LogP contribution in [0.3, 0.4) is 0 Å². The summed E-state index contributed by atoms with van der Waals surface area (Å²) in [5.74, 6) is -1.21. The number of nitrogens with two attached hydrogens (primary N) is 1. The lowest BCUT2D eigenvalue weighted by Gasteiger charge is -2.17. The maximum atomic E-state index is 12.1. The van der Waals surface area contributed by atoms with Crippen LogP contribution in [0.2, 0.25) is 0 Å². The molecule has 1 rings (SSSR count). The summed E-state index contributed by atoms with van der Waals surface area (Å²) in [6, 6.07) is 7.99. The molecule has 0 radical (unpaired) electrons. The number of unbranched alkanes of at least 4 members (excludes halogenated alkanes) is 2. The van der Waals surface area contributed by atoms with Crippen molar-refractivity contribution in [3.8, 4) is 0 Å². The second-order valence-corrected chi connectivity index (χ2v) is 5.50. The number of nitrogens with one attached hydrogen (secondary N) is 2. The van der Waals surface area contributed by atoms with Crippen molar-refractivity contribution >= 4 is 17.9 Å². The van der Waals surface area contributed by atoms with Gasteiger partial charge in [-0.2, -0.15) is 0 Å². The minimum Gasteiger partial charge on any atom is -0.445 e. The minimum atomic E-state index is -1.08. The molecule has 5 N–H and O–H groups in total. The molecule has 8 nitrogen and oxygen atoms in total. The summed E-state index contributed by atoms with van der Waals surface area (Å²) < 4.78 is 5.04. The van der Waals surface area contributed by atoms with E-state index >= 15 is 0 Å². The summed E-state index contributed by atoms with van der Waals surface area (Å²) >= 11 is 0. The van der Waals surface area contributed by atoms with Gasteiger partial charge in [0.2, 0.25) is 11.8 Å². The number of hydrogen-bond acceptors (Lipinski definition) is 5. The van der Waals surface area contributed by atoms with E-state index in [9.17, 15) is 14.4 Å². The van der Waals surface area contributed by atoms with Gasteiger partial charge in [0.15, 0.2) is 0 Å². The number of alkyl carbamates (subject to hydrolysis) is 1. The first-order chi connectivity index (χ1) is 12.0. The number of primary amides is 1. The van der Waals surface area contributed by atoms with Crippen molar-refractivity contribution in [2.24, 2.45) is 5.73 Å². The zero-order valence-electron chi connectivity index (χ0n) is 14.1. The molecule has 0 aromatic heterocycles. The molecule has 0 bridgehead atoms. The maximum Gasteiger partial charge on any atom is 0.408 e. The van der Waals surface area contributed by atoms with E-state index < -0.39 is 23.9 Å². The molecular formula is C17H25N3O5. The van der Waals surface area contributed by atoms with E-state index in [1.165, 1.54) is 0 Å². The van der Waals surface area contributed by atoms with Crippen molar-refractivity contribution in [3.05, 3.63) is 35.9 Å². The van der Waals surface area contributed by atoms with Crippen LogP contribution in [0.1, 0.15) is 31.2 Å². The Kier molecular flexibility index (Phi) is 9.69. The number of rotatable bonds is 11. The number of carbonyl (C=O) groups excluding carboxylic acids is 3. The van der Waals surface area contributed by atoms with Gasteiger partial charge < -0.3 is 26.2 Å². The fourth-order valence-electron chi connectivity index (χ4n) is 2.07. The predicted octanol–water partition coefficient (Wildman–Crippen LogP) is 0.436. The van der Waals surface area contributed by atoms with Gasteiger partial charge in [0, 0.05) is 13.2 Å². The van der Waals surface area contributed by atoms with Crippen molar-refractivity contribution in [2.45, 2.75) is 38.3 Å². The Morgan fingerprint density at radius 2 is 1.84 bits per heavy atom. The molecule has 0 aliphatic heterocycles. The van der Waals surface area contributed by atoms with Crippen LogP contribution in [0, 0.1) is 0 Å². The Morgan fingerprint density at radius 1 is 1.12 bits per heavy atom. The van der Waals surface area contributed by atoms with E-state index in [4.69, 9.17) is 15.6 Å². The van der Waals surface area contributed by atoms with Crippen molar-refractivity contribution in [1.29, 1.82) is 0 Å². The van der Waals surface area contributed by atoms with Crippen molar-refractivity contribution < 1.29 is 24.2 Å². The zero-order valence-corrected chi connectivity index (χ0v) is 14.1. The third kappa shape index (κ3) is 9.31. The van der Waals surface area contributed by atoms with Gasteiger partial charge in [0.1, 0.15) is 12.6 Å². The number of amides is 3. The van der Waals surface area contributed by atoms with Crippen LogP contribution in [0.25, 0.3) is 0 Å². The average Bonchev–Trinajstić information content (AvgIpc) is 2.59. The minimum absolute atomic E-state index is 0.0543. The fourth-order valence-corrected chi connectivity index (χ4v) is 2.07. The van der Waals surface area contributed by atoms with Crippen LogP contribution in [0.5, 0.6) is 0 Å². The maximum absolute atomic E-state index is 12.1. The molecule has 8 heteroatoms. The highest BCUT2D eigenvalue weighted by Gasteiger charge is 2.23. The number of hydrogen-bond donors (Lipinski definition) is 4. The van der Waals surface area contributed by atoms with Crippen LogP contribution in [-0.4, -0.2) is 42.2 Å². The highest BCUT2D eigenvalue weighted by molar-refractivity contribution is 5.90. The summed E-state index contributed by atoms with van der Waals surface area (Å²) in [5.41, 5.74) is 5.93. The second kappa shape index (κ2) is 11.9. The average molecular weight is 351 g/mol. The Balaban J connectivity index is 2.43. The Bertz CT molecular complexity index is 550. The molecule has 0 spiro atoms. The predicted molar refractivity (Wildman–Crippen MR) is 91.3 cm³/mol. The fraction of sp³-hybridized carbons (Fsp3) is 0.471. The van der Waals surface area contributed by atoms with Crippen LogP contribution in [-0.2, 0) is 20.9 Å². The largest absolute Gasteiger partial charge is 0.445 e. The normalized spacial score (nSPS) is 11.4. The monoisotopic (exact) mass is 351 g/mol. The number of carbonyl (C=O) groups is 3. The molecule has 0 aliphatic carbocycles. The van der Waals surface area contributed by atoms with E-state index in [1.54, 1.807) is 12.1 Å². The molecule has 0 unspecified atom stereocenters. The standard InChI is InChI=1S/C17H25N3O5/c18-15(22)11-14(16(23)19-9-5-2-6-10-21)20-17(24)25-12-13-7-3-1-4-8-13/h1,3-4,7-8,14,21H,2,5-6,9-12H2,(H2,18,22)(H,19,23)(H,20,24)/t14-/m0/s1. The van der Waals surface area contributed by atoms with Crippen molar-refractivity contribution in [3.63, 3.8) is 0 Å². The lowest BCUT2D eigenvalue weighted by Crippen LogP contribution is -2.48. The van der Waals surface area contributed by atoms with Gasteiger partial charge in [-0.05, 0) is 24.8 Å². The van der Waals surface area contributed by atoms with Gasteiger partial charge in [0.25, 0.3) is 0 Å². The van der Waals surface area contributed by atoms with Gasteiger partial charge in [-0.15, -0.1) is 0 Å². The zero-order chi connectivity index (χ0) is 18.5. The van der Waals surface area contributed by atoms with Gasteiger partial charge in [-0.25, -0.2) is 4.79 Å². The SMILES string of the molecule is NC(=O)C[C@H](NC(=O)OCc1ccccc1)C(=O)NCCCCCO. The van der Waals surface area contributed by atoms with Gasteiger partial charge in [-0.1, -0.05) is 30.3 Å². The highest BCUT2D eigenvalue weighted by atomic mass is 16.5. The van der Waals surface area contributed by atoms with Gasteiger partial charge in [0.05, 0.1) is 6.42 Å². The quantitative estimate of drug-likeness (QED) is 0.430. The summed E-state index contributed by atoms with van der Waals surface area (Å²) in [5, 5.41) is 13.7. The van der Waals surface area contributed by atoms with Crippen LogP contribution in [0.4, 0.5) is 4.79 Å². The molecule has 0 heterocycles. The van der Waals surface area contributed by atoms with Crippen LogP contribution in [0.15, 0.2) is 30.3 Å². The van der Waals surface area contributed by atoms with Crippen molar-refractivity contribution in [1.82, 2.24) is 10.6 Å². The van der Waals surface area contributed by atoms with E-state index in [2.05, 4.69) is 10.6 Å². The number of benzene rings is 1. The molecule has 0 saturated carbocycles. The molecule has 1 atom stereocenters. The molecule has 1 aromatic rings. The first-order valence-corrected chi connectivity index (χ1v) is 8.17. The Labute approximate surface area is 146 Å². The molecule has 3 amide bonds. The molecule has 138 valence electrons. The number of aliphatic hydroxyl groups excluding tert-OH is 1. The second-order valence-electron chi connectivity index (χ2n) is 5.50. The molecule has 1 aromatic carbocycles. The Hall–Kier alpha value is -2.61. The van der Waals surface area contributed by atoms with Gasteiger partial charge >= 0.3 is 6.09 Å². The summed E-state index contributed by atoms with van der Waals surface area (Å²) in [6.07, 6.45) is 0.997. The van der Waals surface area contributed by atoms with Crippen molar-refractivity contribution in [2.75, 3.05) is 13.2 Å². The lowest BCUT2D eigenvalue weighted by atomic mass is 10.2. The molecule has 0 fully saturated rings. The molecular weight excluding hydrogens is 326 g/mol. The van der Waals surface area contributed by atoms with Gasteiger partial charge in [-0.3, -0.25) is 9.59 Å². The first-order valence-electron chi connectivity index (χ1n) is 8.17. The molecule has 0 aliphatic rings. The summed E-state index contributed by atoms with van der Waals surface area (Å²) in [4.78, 5) is 35.0. The third-order valence-electron chi connectivity index (χ3n) is 3.36. The number of ether oxygens (including phenoxy) is 1. The van der Waals surface area contributed by atoms with E-state index in [-0.39, 0.29) is 19.6 Å². The van der Waals surface area contributed by atoms with E-state index in [0.717, 1.165) is 12.0 Å². The van der Waals surface area contributed by atoms with E-state index in [1.807, 2.05) is 18.2 Å². The lowest BCUT2D eigenvalue weighted by molar-refractivity contribution is -0.127. The Morgan fingerprint density at radius 3 is 2.48 bits per heavy atom. The third-order valence-corrected chi connectivity index (χ3v) is 3.36. The highest BCUT2D eigenvalue weighted by Crippen LogP contribution is 2.02. The van der Waals surface area contributed by atoms with E-state index in [0.29, 0.717) is 19.4 Å². The van der Waals surface area contributed by atoms with Crippen LogP contribution < -0.4 is 16.4 Å². The molecule has 25 heavy (non-hydrogen) atoms. The summed E-state index contributed by atoms with van der Waals surface area (Å²) in [6.45, 7) is 0.542. The smallest absolute Gasteiger partial charge is 0.408 e.